The van der Waals surface area contributed by atoms with Gasteiger partial charge >= 0.3 is 5.97 Å². The number of carboxylic acid groups (broad SMARTS) is 1. The number of anilines is 1. The standard InChI is InChI=1S/C20H21NO5/c1-25-17-10-14(20(23)24)9-16(19(17)26-2)21-18(22)11-13-8-7-12-5-3-4-6-15(12)13/h3-6,9-10,13H,7-8,11H2,1-2H3,(H,21,22)(H,23,24). The third-order valence-corrected chi connectivity index (χ3v) is 4.69. The van der Waals surface area contributed by atoms with Crippen LogP contribution in [-0.4, -0.2) is 31.2 Å². The van der Waals surface area contributed by atoms with Crippen LogP contribution >= 0.6 is 0 Å². The fraction of sp³-hybridized carbons (Fsp3) is 0.300. The highest BCUT2D eigenvalue weighted by molar-refractivity contribution is 5.97. The predicted octanol–water partition coefficient (Wildman–Crippen LogP) is 3.46. The second-order valence-electron chi connectivity index (χ2n) is 6.25. The summed E-state index contributed by atoms with van der Waals surface area (Å²) in [6, 6.07) is 10.9. The molecule has 2 N–H and O–H groups in total. The van der Waals surface area contributed by atoms with Crippen molar-refractivity contribution in [2.45, 2.75) is 25.2 Å². The van der Waals surface area contributed by atoms with E-state index in [0.29, 0.717) is 17.9 Å². The lowest BCUT2D eigenvalue weighted by atomic mass is 9.97. The number of fused-ring (bicyclic) bond motifs is 1. The molecule has 0 radical (unpaired) electrons. The van der Waals surface area contributed by atoms with Gasteiger partial charge in [0.15, 0.2) is 11.5 Å². The zero-order valence-corrected chi connectivity index (χ0v) is 14.7. The molecule has 0 spiro atoms. The van der Waals surface area contributed by atoms with E-state index in [1.807, 2.05) is 12.1 Å². The lowest BCUT2D eigenvalue weighted by molar-refractivity contribution is -0.116. The van der Waals surface area contributed by atoms with Crippen LogP contribution in [0.1, 0.15) is 40.2 Å². The number of rotatable bonds is 6. The molecular weight excluding hydrogens is 334 g/mol. The second kappa shape index (κ2) is 7.47. The van der Waals surface area contributed by atoms with Crippen LogP contribution in [-0.2, 0) is 11.2 Å². The van der Waals surface area contributed by atoms with Crippen molar-refractivity contribution in [1.82, 2.24) is 0 Å². The molecule has 136 valence electrons. The molecule has 1 aliphatic rings. The van der Waals surface area contributed by atoms with Crippen molar-refractivity contribution in [1.29, 1.82) is 0 Å². The number of carbonyl (C=O) groups is 2. The summed E-state index contributed by atoms with van der Waals surface area (Å²) in [5.41, 5.74) is 2.81. The van der Waals surface area contributed by atoms with Crippen LogP contribution < -0.4 is 14.8 Å². The zero-order valence-electron chi connectivity index (χ0n) is 14.7. The van der Waals surface area contributed by atoms with Gasteiger partial charge in [0.1, 0.15) is 0 Å². The van der Waals surface area contributed by atoms with Crippen molar-refractivity contribution >= 4 is 17.6 Å². The summed E-state index contributed by atoms with van der Waals surface area (Å²) >= 11 is 0. The Morgan fingerprint density at radius 3 is 2.65 bits per heavy atom. The van der Waals surface area contributed by atoms with Gasteiger partial charge in [-0.25, -0.2) is 4.79 Å². The molecule has 6 heteroatoms. The minimum Gasteiger partial charge on any atom is -0.493 e. The summed E-state index contributed by atoms with van der Waals surface area (Å²) in [5.74, 6) is -0.561. The maximum atomic E-state index is 12.6. The molecule has 0 bridgehead atoms. The molecule has 26 heavy (non-hydrogen) atoms. The first kappa shape index (κ1) is 17.8. The third kappa shape index (κ3) is 3.49. The monoisotopic (exact) mass is 355 g/mol. The Labute approximate surface area is 151 Å². The molecule has 0 heterocycles. The molecule has 1 aliphatic carbocycles. The highest BCUT2D eigenvalue weighted by Gasteiger charge is 2.25. The van der Waals surface area contributed by atoms with Gasteiger partial charge in [-0.2, -0.15) is 0 Å². The van der Waals surface area contributed by atoms with Crippen molar-refractivity contribution in [3.63, 3.8) is 0 Å². The highest BCUT2D eigenvalue weighted by Crippen LogP contribution is 2.38. The molecule has 0 aliphatic heterocycles. The first-order chi connectivity index (χ1) is 12.5. The summed E-state index contributed by atoms with van der Waals surface area (Å²) in [5, 5.41) is 12.0. The minimum atomic E-state index is -1.11. The Bertz CT molecular complexity index is 846. The summed E-state index contributed by atoms with van der Waals surface area (Å²) in [4.78, 5) is 23.9. The molecule has 0 aromatic heterocycles. The van der Waals surface area contributed by atoms with E-state index in [-0.39, 0.29) is 23.1 Å². The average molecular weight is 355 g/mol. The van der Waals surface area contributed by atoms with Crippen molar-refractivity contribution in [3.05, 3.63) is 53.1 Å². The number of methoxy groups -OCH3 is 2. The minimum absolute atomic E-state index is 0.0177. The van der Waals surface area contributed by atoms with E-state index in [1.165, 1.54) is 37.5 Å². The fourth-order valence-corrected chi connectivity index (χ4v) is 3.46. The average Bonchev–Trinajstić information content (AvgIpc) is 3.03. The maximum Gasteiger partial charge on any atom is 0.335 e. The van der Waals surface area contributed by atoms with Crippen molar-refractivity contribution in [2.24, 2.45) is 0 Å². The number of carbonyl (C=O) groups excluding carboxylic acids is 1. The van der Waals surface area contributed by atoms with E-state index in [4.69, 9.17) is 9.47 Å². The van der Waals surface area contributed by atoms with Crippen LogP contribution in [0.25, 0.3) is 0 Å². The smallest absolute Gasteiger partial charge is 0.335 e. The number of carboxylic acids is 1. The van der Waals surface area contributed by atoms with Gasteiger partial charge in [0.05, 0.1) is 25.5 Å². The van der Waals surface area contributed by atoms with E-state index in [1.54, 1.807) is 0 Å². The quantitative estimate of drug-likeness (QED) is 0.829. The van der Waals surface area contributed by atoms with E-state index in [0.717, 1.165) is 12.8 Å². The molecule has 0 saturated carbocycles. The summed E-state index contributed by atoms with van der Waals surface area (Å²) < 4.78 is 10.5. The van der Waals surface area contributed by atoms with Crippen LogP contribution in [0, 0.1) is 0 Å². The van der Waals surface area contributed by atoms with Gasteiger partial charge in [0.25, 0.3) is 0 Å². The normalized spacial score (nSPS) is 15.2. The zero-order chi connectivity index (χ0) is 18.7. The van der Waals surface area contributed by atoms with Crippen molar-refractivity contribution in [2.75, 3.05) is 19.5 Å². The van der Waals surface area contributed by atoms with Crippen LogP contribution in [0.2, 0.25) is 0 Å². The second-order valence-corrected chi connectivity index (χ2v) is 6.25. The predicted molar refractivity (Wildman–Crippen MR) is 97.3 cm³/mol. The lowest BCUT2D eigenvalue weighted by Crippen LogP contribution is -2.16. The summed E-state index contributed by atoms with van der Waals surface area (Å²) in [6.07, 6.45) is 2.24. The molecule has 1 unspecified atom stereocenters. The Kier molecular flexibility index (Phi) is 5.11. The molecule has 2 aromatic rings. The molecule has 3 rings (SSSR count). The van der Waals surface area contributed by atoms with Crippen molar-refractivity contribution in [3.8, 4) is 11.5 Å². The van der Waals surface area contributed by atoms with Crippen LogP contribution in [0.15, 0.2) is 36.4 Å². The molecule has 1 atom stereocenters. The van der Waals surface area contributed by atoms with E-state index in [2.05, 4.69) is 17.4 Å². The van der Waals surface area contributed by atoms with Gasteiger partial charge in [-0.1, -0.05) is 24.3 Å². The van der Waals surface area contributed by atoms with Gasteiger partial charge < -0.3 is 19.9 Å². The number of aromatic carboxylic acids is 1. The van der Waals surface area contributed by atoms with E-state index < -0.39 is 5.97 Å². The Hall–Kier alpha value is -3.02. The molecule has 2 aromatic carbocycles. The van der Waals surface area contributed by atoms with Crippen LogP contribution in [0.3, 0.4) is 0 Å². The Morgan fingerprint density at radius 2 is 1.96 bits per heavy atom. The number of hydrogen-bond donors (Lipinski definition) is 2. The van der Waals surface area contributed by atoms with E-state index >= 15 is 0 Å². The van der Waals surface area contributed by atoms with Gasteiger partial charge in [-0.15, -0.1) is 0 Å². The largest absolute Gasteiger partial charge is 0.493 e. The first-order valence-electron chi connectivity index (χ1n) is 8.40. The number of ether oxygens (including phenoxy) is 2. The summed E-state index contributed by atoms with van der Waals surface area (Å²) in [7, 11) is 2.87. The van der Waals surface area contributed by atoms with Gasteiger partial charge in [0.2, 0.25) is 5.91 Å². The van der Waals surface area contributed by atoms with Gasteiger partial charge in [0, 0.05) is 6.42 Å². The van der Waals surface area contributed by atoms with Crippen LogP contribution in [0.4, 0.5) is 5.69 Å². The number of benzene rings is 2. The van der Waals surface area contributed by atoms with Gasteiger partial charge in [-0.05, 0) is 42.0 Å². The maximum absolute atomic E-state index is 12.6. The van der Waals surface area contributed by atoms with E-state index in [9.17, 15) is 14.7 Å². The molecule has 6 nitrogen and oxygen atoms in total. The SMILES string of the molecule is COc1cc(C(=O)O)cc(NC(=O)CC2CCc3ccccc32)c1OC. The molecule has 1 amide bonds. The third-order valence-electron chi connectivity index (χ3n) is 4.69. The topological polar surface area (TPSA) is 84.9 Å². The molecular formula is C20H21NO5. The van der Waals surface area contributed by atoms with Crippen LogP contribution in [0.5, 0.6) is 11.5 Å². The number of hydrogen-bond acceptors (Lipinski definition) is 4. The first-order valence-corrected chi connectivity index (χ1v) is 8.40. The Balaban J connectivity index is 1.81. The highest BCUT2D eigenvalue weighted by atomic mass is 16.5. The van der Waals surface area contributed by atoms with Crippen molar-refractivity contribution < 1.29 is 24.2 Å². The van der Waals surface area contributed by atoms with Gasteiger partial charge in [-0.3, -0.25) is 4.79 Å². The number of amides is 1. The molecule has 0 fully saturated rings. The molecule has 0 saturated heterocycles. The summed E-state index contributed by atoms with van der Waals surface area (Å²) in [6.45, 7) is 0. The lowest BCUT2D eigenvalue weighted by Gasteiger charge is -2.16. The number of nitrogens with one attached hydrogen (secondary N) is 1. The number of aryl methyl sites for hydroxylation is 1. The fourth-order valence-electron chi connectivity index (χ4n) is 3.46. The Morgan fingerprint density at radius 1 is 1.19 bits per heavy atom.